The van der Waals surface area contributed by atoms with Crippen molar-refractivity contribution in [3.63, 3.8) is 0 Å². The first-order valence-electron chi connectivity index (χ1n) is 8.87. The lowest BCUT2D eigenvalue weighted by atomic mass is 9.82. The van der Waals surface area contributed by atoms with Crippen LogP contribution in [-0.4, -0.2) is 43.1 Å². The van der Waals surface area contributed by atoms with Gasteiger partial charge in [0.2, 0.25) is 11.8 Å². The van der Waals surface area contributed by atoms with Crippen LogP contribution in [0.1, 0.15) is 52.9 Å². The Kier molecular flexibility index (Phi) is 9.90. The summed E-state index contributed by atoms with van der Waals surface area (Å²) >= 11 is 0. The number of carbonyl (C=O) groups is 2. The van der Waals surface area contributed by atoms with Crippen molar-refractivity contribution in [1.29, 1.82) is 0 Å². The van der Waals surface area contributed by atoms with E-state index >= 15 is 0 Å². The molecule has 0 heterocycles. The molecule has 0 radical (unpaired) electrons. The van der Waals surface area contributed by atoms with Crippen LogP contribution in [0.2, 0.25) is 0 Å². The lowest BCUT2D eigenvalue weighted by molar-refractivity contribution is -0.134. The Bertz CT molecular complexity index is 383. The first-order valence-corrected chi connectivity index (χ1v) is 8.87. The summed E-state index contributed by atoms with van der Waals surface area (Å²) in [4.78, 5) is 24.0. The van der Waals surface area contributed by atoms with E-state index in [0.717, 1.165) is 25.7 Å². The van der Waals surface area contributed by atoms with Crippen LogP contribution in [0.4, 0.5) is 0 Å². The van der Waals surface area contributed by atoms with Gasteiger partial charge < -0.3 is 14.8 Å². The van der Waals surface area contributed by atoms with Gasteiger partial charge in [0.25, 0.3) is 0 Å². The summed E-state index contributed by atoms with van der Waals surface area (Å²) in [5.74, 6) is -0.137. The van der Waals surface area contributed by atoms with E-state index < -0.39 is 11.8 Å². The number of hydrogen-bond acceptors (Lipinski definition) is 5. The molecule has 24 heavy (non-hydrogen) atoms. The van der Waals surface area contributed by atoms with Crippen molar-refractivity contribution in [3.8, 4) is 0 Å². The van der Waals surface area contributed by atoms with Crippen molar-refractivity contribution in [1.82, 2.24) is 10.8 Å². The first-order chi connectivity index (χ1) is 11.5. The summed E-state index contributed by atoms with van der Waals surface area (Å²) in [5, 5.41) is 11.7. The topological polar surface area (TPSA) is 96.9 Å². The number of carbonyl (C=O) groups excluding carboxylic acids is 2. The number of hydrogen-bond donors (Lipinski definition) is 3. The summed E-state index contributed by atoms with van der Waals surface area (Å²) in [6.45, 7) is 6.78. The Morgan fingerprint density at radius 2 is 1.88 bits per heavy atom. The molecule has 1 fully saturated rings. The predicted octanol–water partition coefficient (Wildman–Crippen LogP) is 1.84. The number of rotatable bonds is 10. The van der Waals surface area contributed by atoms with Crippen molar-refractivity contribution in [3.05, 3.63) is 0 Å². The van der Waals surface area contributed by atoms with Crippen molar-refractivity contribution in [2.75, 3.05) is 20.0 Å². The quantitative estimate of drug-likeness (QED) is 0.243. The molecule has 1 saturated carbocycles. The SMILES string of the molecule is CCOCOCC(CC(C)C(=O)NO)NC(=O)C1CCC(C)CC1. The van der Waals surface area contributed by atoms with Crippen LogP contribution in [-0.2, 0) is 19.1 Å². The maximum Gasteiger partial charge on any atom is 0.246 e. The minimum atomic E-state index is -0.467. The van der Waals surface area contributed by atoms with E-state index in [1.165, 1.54) is 0 Å². The Morgan fingerprint density at radius 1 is 1.21 bits per heavy atom. The molecule has 0 aromatic carbocycles. The third-order valence-corrected chi connectivity index (χ3v) is 4.62. The van der Waals surface area contributed by atoms with Crippen LogP contribution in [0.5, 0.6) is 0 Å². The molecule has 3 N–H and O–H groups in total. The number of nitrogens with one attached hydrogen (secondary N) is 2. The maximum atomic E-state index is 12.5. The summed E-state index contributed by atoms with van der Waals surface area (Å²) < 4.78 is 10.6. The van der Waals surface area contributed by atoms with E-state index in [0.29, 0.717) is 18.9 Å². The van der Waals surface area contributed by atoms with Crippen LogP contribution < -0.4 is 10.8 Å². The summed E-state index contributed by atoms with van der Waals surface area (Å²) in [7, 11) is 0. The summed E-state index contributed by atoms with van der Waals surface area (Å²) in [5.41, 5.74) is 1.65. The van der Waals surface area contributed by atoms with E-state index in [1.807, 2.05) is 6.92 Å². The zero-order valence-corrected chi connectivity index (χ0v) is 15.0. The lowest BCUT2D eigenvalue weighted by Gasteiger charge is -2.28. The normalized spacial score (nSPS) is 23.3. The van der Waals surface area contributed by atoms with Gasteiger partial charge in [-0.25, -0.2) is 5.48 Å². The van der Waals surface area contributed by atoms with Crippen molar-refractivity contribution in [2.24, 2.45) is 17.8 Å². The van der Waals surface area contributed by atoms with Crippen LogP contribution in [0.3, 0.4) is 0 Å². The monoisotopic (exact) mass is 344 g/mol. The van der Waals surface area contributed by atoms with Crippen molar-refractivity contribution in [2.45, 2.75) is 58.9 Å². The van der Waals surface area contributed by atoms with Gasteiger partial charge in [0.1, 0.15) is 6.79 Å². The zero-order valence-electron chi connectivity index (χ0n) is 15.0. The highest BCUT2D eigenvalue weighted by Gasteiger charge is 2.27. The molecule has 1 aliphatic rings. The van der Waals surface area contributed by atoms with Crippen LogP contribution in [0.25, 0.3) is 0 Å². The molecular weight excluding hydrogens is 312 g/mol. The van der Waals surface area contributed by atoms with E-state index in [2.05, 4.69) is 12.2 Å². The third kappa shape index (κ3) is 7.59. The zero-order chi connectivity index (χ0) is 17.9. The Morgan fingerprint density at radius 3 is 2.46 bits per heavy atom. The molecule has 0 aromatic heterocycles. The van der Waals surface area contributed by atoms with Crippen molar-refractivity contribution < 1.29 is 24.3 Å². The Hall–Kier alpha value is -1.18. The Labute approximate surface area is 144 Å². The Balaban J connectivity index is 2.52. The van der Waals surface area contributed by atoms with E-state index in [-0.39, 0.29) is 31.3 Å². The number of hydroxylamine groups is 1. The van der Waals surface area contributed by atoms with Gasteiger partial charge in [-0.2, -0.15) is 0 Å². The molecule has 0 aromatic rings. The minimum Gasteiger partial charge on any atom is -0.356 e. The molecule has 140 valence electrons. The lowest BCUT2D eigenvalue weighted by Crippen LogP contribution is -2.44. The van der Waals surface area contributed by atoms with Gasteiger partial charge in [-0.3, -0.25) is 14.8 Å². The van der Waals surface area contributed by atoms with Crippen LogP contribution >= 0.6 is 0 Å². The van der Waals surface area contributed by atoms with Gasteiger partial charge in [-0.15, -0.1) is 0 Å². The van der Waals surface area contributed by atoms with E-state index in [1.54, 1.807) is 12.4 Å². The molecule has 0 aliphatic heterocycles. The molecule has 0 saturated heterocycles. The molecule has 2 atom stereocenters. The van der Waals surface area contributed by atoms with Crippen molar-refractivity contribution >= 4 is 11.8 Å². The smallest absolute Gasteiger partial charge is 0.246 e. The second-order valence-corrected chi connectivity index (χ2v) is 6.76. The summed E-state index contributed by atoms with van der Waals surface area (Å²) in [6, 6.07) is -0.287. The maximum absolute atomic E-state index is 12.5. The molecule has 0 spiro atoms. The third-order valence-electron chi connectivity index (χ3n) is 4.62. The van der Waals surface area contributed by atoms with Crippen LogP contribution in [0.15, 0.2) is 0 Å². The highest BCUT2D eigenvalue weighted by molar-refractivity contribution is 5.79. The molecule has 7 heteroatoms. The van der Waals surface area contributed by atoms with Crippen LogP contribution in [0, 0.1) is 17.8 Å². The second kappa shape index (κ2) is 11.4. The first kappa shape index (κ1) is 20.9. The summed E-state index contributed by atoms with van der Waals surface area (Å²) in [6.07, 6.45) is 4.37. The molecule has 2 amide bonds. The second-order valence-electron chi connectivity index (χ2n) is 6.76. The fourth-order valence-corrected chi connectivity index (χ4v) is 2.99. The minimum absolute atomic E-state index is 0.0310. The van der Waals surface area contributed by atoms with Gasteiger partial charge in [-0.05, 0) is 44.9 Å². The highest BCUT2D eigenvalue weighted by atomic mass is 16.7. The standard InChI is InChI=1S/C17H32N2O5/c1-4-23-11-24-10-15(9-13(3)16(20)19-22)18-17(21)14-7-5-12(2)6-8-14/h12-15,22H,4-11H2,1-3H3,(H,18,21)(H,19,20). The van der Waals surface area contributed by atoms with Gasteiger partial charge in [-0.1, -0.05) is 13.8 Å². The average molecular weight is 344 g/mol. The fraction of sp³-hybridized carbons (Fsp3) is 0.882. The number of ether oxygens (including phenoxy) is 2. The average Bonchev–Trinajstić information content (AvgIpc) is 2.58. The molecule has 1 rings (SSSR count). The van der Waals surface area contributed by atoms with Gasteiger partial charge in [0.05, 0.1) is 12.6 Å². The number of amides is 2. The van der Waals surface area contributed by atoms with Gasteiger partial charge in [0.15, 0.2) is 0 Å². The van der Waals surface area contributed by atoms with E-state index in [9.17, 15) is 9.59 Å². The van der Waals surface area contributed by atoms with Gasteiger partial charge >= 0.3 is 0 Å². The molecular formula is C17H32N2O5. The highest BCUT2D eigenvalue weighted by Crippen LogP contribution is 2.28. The molecule has 0 bridgehead atoms. The van der Waals surface area contributed by atoms with E-state index in [4.69, 9.17) is 14.7 Å². The molecule has 1 aliphatic carbocycles. The molecule has 2 unspecified atom stereocenters. The predicted molar refractivity (Wildman–Crippen MR) is 89.2 cm³/mol. The van der Waals surface area contributed by atoms with Gasteiger partial charge in [0, 0.05) is 18.4 Å². The molecule has 7 nitrogen and oxygen atoms in total. The fourth-order valence-electron chi connectivity index (χ4n) is 2.99. The largest absolute Gasteiger partial charge is 0.356 e.